The number of nitrogens with one attached hydrogen (secondary N) is 1. The van der Waals surface area contributed by atoms with Crippen LogP contribution in [0.4, 0.5) is 0 Å². The molecule has 1 atom stereocenters. The molecule has 2 aliphatic rings. The molecule has 1 aromatic heterocycles. The summed E-state index contributed by atoms with van der Waals surface area (Å²) in [6, 6.07) is 8.97. The maximum Gasteiger partial charge on any atom is 0.164 e. The molecule has 4 rings (SSSR count). The van der Waals surface area contributed by atoms with Crippen LogP contribution in [0.5, 0.6) is 0 Å². The van der Waals surface area contributed by atoms with Gasteiger partial charge >= 0.3 is 0 Å². The summed E-state index contributed by atoms with van der Waals surface area (Å²) in [7, 11) is 0. The average Bonchev–Trinajstić information content (AvgIpc) is 3.19. The summed E-state index contributed by atoms with van der Waals surface area (Å²) in [4.78, 5) is 0. The number of benzene rings is 1. The summed E-state index contributed by atoms with van der Waals surface area (Å²) >= 11 is 0. The van der Waals surface area contributed by atoms with Crippen molar-refractivity contribution in [2.24, 2.45) is 5.92 Å². The standard InChI is InChI=1S/C15H18N4/c1-10-2-4-12(5-3-10)14-17-18-15-13(11-6-7-11)16-8-9-19(14)15/h2-5,11,13,16H,6-9H2,1H3. The van der Waals surface area contributed by atoms with Gasteiger partial charge in [0, 0.05) is 18.7 Å². The van der Waals surface area contributed by atoms with Gasteiger partial charge in [0.1, 0.15) is 0 Å². The molecule has 1 aliphatic heterocycles. The lowest BCUT2D eigenvalue weighted by Crippen LogP contribution is -2.35. The number of aryl methyl sites for hydroxylation is 1. The van der Waals surface area contributed by atoms with E-state index in [0.29, 0.717) is 6.04 Å². The van der Waals surface area contributed by atoms with Gasteiger partial charge in [-0.05, 0) is 25.7 Å². The number of aromatic nitrogens is 3. The summed E-state index contributed by atoms with van der Waals surface area (Å²) in [5, 5.41) is 12.5. The average molecular weight is 254 g/mol. The Labute approximate surface area is 112 Å². The molecule has 0 spiro atoms. The first kappa shape index (κ1) is 11.2. The SMILES string of the molecule is Cc1ccc(-c2nnc3n2CCNC3C2CC2)cc1. The molecule has 4 heteroatoms. The molecule has 2 aromatic rings. The second-order valence-electron chi connectivity index (χ2n) is 5.67. The molecule has 1 aromatic carbocycles. The Kier molecular flexibility index (Phi) is 2.45. The zero-order valence-electron chi connectivity index (χ0n) is 11.1. The van der Waals surface area contributed by atoms with Crippen molar-refractivity contribution in [3.63, 3.8) is 0 Å². The van der Waals surface area contributed by atoms with Crippen LogP contribution in [0.2, 0.25) is 0 Å². The number of hydrogen-bond acceptors (Lipinski definition) is 3. The van der Waals surface area contributed by atoms with Crippen LogP contribution in [-0.4, -0.2) is 21.3 Å². The lowest BCUT2D eigenvalue weighted by molar-refractivity contribution is 0.383. The van der Waals surface area contributed by atoms with Crippen LogP contribution in [0.3, 0.4) is 0 Å². The van der Waals surface area contributed by atoms with Crippen molar-refractivity contribution in [2.75, 3.05) is 6.54 Å². The number of rotatable bonds is 2. The molecule has 19 heavy (non-hydrogen) atoms. The summed E-state index contributed by atoms with van der Waals surface area (Å²) in [5.41, 5.74) is 2.44. The maximum atomic E-state index is 4.45. The van der Waals surface area contributed by atoms with Gasteiger partial charge in [-0.25, -0.2) is 0 Å². The van der Waals surface area contributed by atoms with Crippen LogP contribution >= 0.6 is 0 Å². The second kappa shape index (κ2) is 4.17. The maximum absolute atomic E-state index is 4.45. The van der Waals surface area contributed by atoms with Gasteiger partial charge in [0.05, 0.1) is 6.04 Å². The fraction of sp³-hybridized carbons (Fsp3) is 0.467. The van der Waals surface area contributed by atoms with Crippen LogP contribution in [0, 0.1) is 12.8 Å². The molecule has 1 aliphatic carbocycles. The third-order valence-corrected chi connectivity index (χ3v) is 4.16. The zero-order valence-corrected chi connectivity index (χ0v) is 11.1. The molecule has 1 unspecified atom stereocenters. The topological polar surface area (TPSA) is 42.7 Å². The van der Waals surface area contributed by atoms with Gasteiger partial charge < -0.3 is 9.88 Å². The van der Waals surface area contributed by atoms with Gasteiger partial charge in [-0.1, -0.05) is 29.8 Å². The van der Waals surface area contributed by atoms with E-state index >= 15 is 0 Å². The van der Waals surface area contributed by atoms with E-state index in [2.05, 4.69) is 51.3 Å². The molecule has 0 radical (unpaired) electrons. The number of hydrogen-bond donors (Lipinski definition) is 1. The highest BCUT2D eigenvalue weighted by molar-refractivity contribution is 5.56. The first-order chi connectivity index (χ1) is 9.33. The highest BCUT2D eigenvalue weighted by atomic mass is 15.3. The molecular weight excluding hydrogens is 236 g/mol. The van der Waals surface area contributed by atoms with E-state index in [4.69, 9.17) is 0 Å². The molecule has 0 bridgehead atoms. The van der Waals surface area contributed by atoms with Crippen molar-refractivity contribution in [1.29, 1.82) is 0 Å². The summed E-state index contributed by atoms with van der Waals surface area (Å²) < 4.78 is 2.30. The van der Waals surface area contributed by atoms with Crippen molar-refractivity contribution >= 4 is 0 Å². The molecule has 2 heterocycles. The molecule has 1 saturated carbocycles. The number of fused-ring (bicyclic) bond motifs is 1. The zero-order chi connectivity index (χ0) is 12.8. The predicted octanol–water partition coefficient (Wildman–Crippen LogP) is 2.31. The third-order valence-electron chi connectivity index (χ3n) is 4.16. The molecule has 98 valence electrons. The highest BCUT2D eigenvalue weighted by Crippen LogP contribution is 2.41. The van der Waals surface area contributed by atoms with Crippen molar-refractivity contribution in [1.82, 2.24) is 20.1 Å². The Morgan fingerprint density at radius 3 is 2.68 bits per heavy atom. The Balaban J connectivity index is 1.76. The van der Waals surface area contributed by atoms with E-state index in [9.17, 15) is 0 Å². The van der Waals surface area contributed by atoms with Gasteiger partial charge in [-0.3, -0.25) is 0 Å². The minimum Gasteiger partial charge on any atom is -0.308 e. The molecule has 0 amide bonds. The van der Waals surface area contributed by atoms with E-state index in [0.717, 1.165) is 30.7 Å². The third kappa shape index (κ3) is 1.87. The first-order valence-electron chi connectivity index (χ1n) is 7.06. The van der Waals surface area contributed by atoms with Crippen LogP contribution in [-0.2, 0) is 6.54 Å². The fourth-order valence-electron chi connectivity index (χ4n) is 2.91. The van der Waals surface area contributed by atoms with Crippen molar-refractivity contribution in [2.45, 2.75) is 32.4 Å². The minimum absolute atomic E-state index is 0.417. The van der Waals surface area contributed by atoms with Gasteiger partial charge in [-0.15, -0.1) is 10.2 Å². The summed E-state index contributed by atoms with van der Waals surface area (Å²) in [6.07, 6.45) is 2.65. The monoisotopic (exact) mass is 254 g/mol. The van der Waals surface area contributed by atoms with Crippen LogP contribution in [0.25, 0.3) is 11.4 Å². The highest BCUT2D eigenvalue weighted by Gasteiger charge is 2.37. The van der Waals surface area contributed by atoms with E-state index in [1.54, 1.807) is 0 Å². The van der Waals surface area contributed by atoms with Gasteiger partial charge in [0.2, 0.25) is 0 Å². The smallest absolute Gasteiger partial charge is 0.164 e. The predicted molar refractivity (Wildman–Crippen MR) is 73.7 cm³/mol. The Hall–Kier alpha value is -1.68. The van der Waals surface area contributed by atoms with Gasteiger partial charge in [-0.2, -0.15) is 0 Å². The largest absolute Gasteiger partial charge is 0.308 e. The van der Waals surface area contributed by atoms with Crippen molar-refractivity contribution in [3.05, 3.63) is 35.7 Å². The van der Waals surface area contributed by atoms with Crippen LogP contribution in [0.15, 0.2) is 24.3 Å². The Morgan fingerprint density at radius 1 is 1.16 bits per heavy atom. The lowest BCUT2D eigenvalue weighted by atomic mass is 10.1. The molecule has 1 N–H and O–H groups in total. The van der Waals surface area contributed by atoms with Crippen molar-refractivity contribution < 1.29 is 0 Å². The molecule has 0 saturated heterocycles. The lowest BCUT2D eigenvalue weighted by Gasteiger charge is -2.25. The summed E-state index contributed by atoms with van der Waals surface area (Å²) in [5.74, 6) is 2.92. The molecule has 4 nitrogen and oxygen atoms in total. The first-order valence-corrected chi connectivity index (χ1v) is 7.06. The van der Waals surface area contributed by atoms with E-state index in [1.165, 1.54) is 24.0 Å². The van der Waals surface area contributed by atoms with Crippen LogP contribution in [0.1, 0.15) is 30.3 Å². The Morgan fingerprint density at radius 2 is 1.95 bits per heavy atom. The summed E-state index contributed by atoms with van der Waals surface area (Å²) in [6.45, 7) is 4.09. The minimum atomic E-state index is 0.417. The second-order valence-corrected chi connectivity index (χ2v) is 5.67. The quantitative estimate of drug-likeness (QED) is 0.894. The van der Waals surface area contributed by atoms with Gasteiger partial charge in [0.25, 0.3) is 0 Å². The number of nitrogens with zero attached hydrogens (tertiary/aromatic N) is 3. The normalized spacial score (nSPS) is 22.3. The van der Waals surface area contributed by atoms with Crippen LogP contribution < -0.4 is 5.32 Å². The van der Waals surface area contributed by atoms with Crippen molar-refractivity contribution in [3.8, 4) is 11.4 Å². The fourth-order valence-corrected chi connectivity index (χ4v) is 2.91. The van der Waals surface area contributed by atoms with E-state index in [1.807, 2.05) is 0 Å². The van der Waals surface area contributed by atoms with E-state index in [-0.39, 0.29) is 0 Å². The Bertz CT molecular complexity index is 595. The molecule has 1 fully saturated rings. The van der Waals surface area contributed by atoms with Gasteiger partial charge in [0.15, 0.2) is 11.6 Å². The molecular formula is C15H18N4. The van der Waals surface area contributed by atoms with E-state index < -0.39 is 0 Å².